The molecule has 0 fully saturated rings. The first-order valence-corrected chi connectivity index (χ1v) is 34.2. The van der Waals surface area contributed by atoms with Crippen LogP contribution in [0.15, 0.2) is 0 Å². The van der Waals surface area contributed by atoms with E-state index in [1.165, 1.54) is 0 Å². The average molecular weight is 1150 g/mol. The van der Waals surface area contributed by atoms with Crippen LogP contribution in [0.2, 0.25) is 0 Å². The first kappa shape index (κ1) is 64.8. The van der Waals surface area contributed by atoms with E-state index in [4.69, 9.17) is 19.6 Å². The molecule has 0 aromatic carbocycles. The quantitative estimate of drug-likeness (QED) is 0.0424. The van der Waals surface area contributed by atoms with Gasteiger partial charge in [-0.1, -0.05) is 0 Å². The van der Waals surface area contributed by atoms with Gasteiger partial charge in [0.15, 0.2) is 5.90 Å². The lowest BCUT2D eigenvalue weighted by atomic mass is 10.4. The maximum absolute atomic E-state index is 12.3. The SMILES string of the molecule is O=P(O)(O)C(N(CCN(C(P(=O)(O)O)P(=O)(O)O)C(P(=O)(O)O)P(=O)(O)O)CCN(C(P(=O)(O)O)P(=O)(O)O)C(P(=O)(O)O)P(=O)(O)O)P(=O)(O)O.O=P(O)(O)CP(=O)(O)O. The predicted octanol–water partition coefficient (Wildman–Crippen LogP) is -5.61. The standard InChI is InChI=1S/C9H33N3O30P10.CH6O6P2/c13-43(14,15)5(44(16,17)18)10(1-3-11(6(45(19,20)21)46(22,23)24)7(47(25,26)27)48(28,29)30)2-4-12(8(49(31,32)33)50(34,35)36)9(51(37,38)39)52(40,41)42;2-8(3,4)1-9(5,6)7/h5-9H,1-4H2,(H2,13,14,15)(H2,16,17,18)(H2,19,20,21)(H2,22,23,24)(H2,25,26,27)(H2,28,29,30)(H2,31,32,33)(H2,34,35,36)(H2,37,38,39)(H2,40,41,42);1H2,(H2,2,3,4)(H2,5,6,7). The minimum Gasteiger partial charge on any atom is -0.324 e. The van der Waals surface area contributed by atoms with E-state index in [2.05, 4.69) is 0 Å². The molecule has 0 saturated heterocycles. The Kier molecular flexibility index (Phi) is 22.9. The Bertz CT molecular complexity index is 1770. The summed E-state index contributed by atoms with van der Waals surface area (Å²) in [6.07, 6.45) is 0. The molecule has 0 saturated carbocycles. The number of rotatable bonds is 23. The van der Waals surface area contributed by atoms with Crippen LogP contribution in [0.4, 0.5) is 0 Å². The molecule has 0 aliphatic rings. The smallest absolute Gasteiger partial charge is 0.324 e. The van der Waals surface area contributed by atoms with Crippen LogP contribution in [0.25, 0.3) is 0 Å². The molecule has 0 aromatic rings. The van der Waals surface area contributed by atoms with Crippen LogP contribution in [0.3, 0.4) is 0 Å². The van der Waals surface area contributed by atoms with E-state index in [0.717, 1.165) is 0 Å². The lowest BCUT2D eigenvalue weighted by molar-refractivity contribution is 0.141. The molecule has 0 radical (unpaired) electrons. The van der Waals surface area contributed by atoms with Gasteiger partial charge in [0.1, 0.15) is 0 Å². The maximum Gasteiger partial charge on any atom is 0.355 e. The average Bonchev–Trinajstić information content (AvgIpc) is 2.79. The van der Waals surface area contributed by atoms with E-state index >= 15 is 0 Å². The summed E-state index contributed by atoms with van der Waals surface area (Å²) in [5.74, 6) is -1.38. The van der Waals surface area contributed by atoms with Gasteiger partial charge in [-0.15, -0.1) is 0 Å². The summed E-state index contributed by atoms with van der Waals surface area (Å²) in [4.78, 5) is 222. The fourth-order valence-corrected chi connectivity index (χ4v) is 21.7. The van der Waals surface area contributed by atoms with Crippen molar-refractivity contribution < 1.29 is 172 Å². The van der Waals surface area contributed by atoms with Gasteiger partial charge in [0.05, 0.1) is 0 Å². The van der Waals surface area contributed by atoms with Gasteiger partial charge in [0.2, 0.25) is 27.6 Å². The van der Waals surface area contributed by atoms with Crippen molar-refractivity contribution in [2.75, 3.05) is 32.1 Å². The molecule has 24 N–H and O–H groups in total. The predicted molar refractivity (Wildman–Crippen MR) is 193 cm³/mol. The van der Waals surface area contributed by atoms with Gasteiger partial charge in [-0.05, 0) is 0 Å². The highest BCUT2D eigenvalue weighted by Gasteiger charge is 2.61. The summed E-state index contributed by atoms with van der Waals surface area (Å²) in [6, 6.07) is 0. The van der Waals surface area contributed by atoms with Crippen molar-refractivity contribution in [3.8, 4) is 0 Å². The summed E-state index contributed by atoms with van der Waals surface area (Å²) in [7, 11) is -75.2. The second-order valence-electron chi connectivity index (χ2n) is 11.6. The van der Waals surface area contributed by atoms with Crippen LogP contribution in [0.5, 0.6) is 0 Å². The molecule has 0 unspecified atom stereocenters. The largest absolute Gasteiger partial charge is 0.355 e. The Morgan fingerprint density at radius 3 is 0.492 bits per heavy atom. The summed E-state index contributed by atoms with van der Waals surface area (Å²) in [5, 5.41) is 0. The Labute approximate surface area is 337 Å². The van der Waals surface area contributed by atoms with E-state index in [1.54, 1.807) is 0 Å². The number of hydrogen-bond donors (Lipinski definition) is 24. The van der Waals surface area contributed by atoms with Gasteiger partial charge in [-0.2, -0.15) is 0 Å². The van der Waals surface area contributed by atoms with Crippen LogP contribution >= 0.6 is 91.1 Å². The zero-order chi connectivity index (χ0) is 50.2. The monoisotopic (exact) mass is 1150 g/mol. The van der Waals surface area contributed by atoms with Crippen LogP contribution in [0.1, 0.15) is 0 Å². The van der Waals surface area contributed by atoms with Crippen molar-refractivity contribution >= 4 is 91.1 Å². The third-order valence-electron chi connectivity index (χ3n) is 6.18. The Morgan fingerprint density at radius 1 is 0.246 bits per heavy atom. The van der Waals surface area contributed by atoms with Gasteiger partial charge in [-0.3, -0.25) is 69.5 Å². The van der Waals surface area contributed by atoms with Crippen LogP contribution < -0.4 is 0 Å². The highest BCUT2D eigenvalue weighted by Crippen LogP contribution is 2.71. The van der Waals surface area contributed by atoms with Crippen LogP contribution in [0, 0.1) is 0 Å². The molecule has 0 aliphatic carbocycles. The van der Waals surface area contributed by atoms with Crippen LogP contribution in [-0.2, 0) is 54.8 Å². The van der Waals surface area contributed by atoms with Gasteiger partial charge in [0.25, 0.3) is 0 Å². The van der Waals surface area contributed by atoms with Gasteiger partial charge in [-0.25, -0.2) is 0 Å². The van der Waals surface area contributed by atoms with Crippen molar-refractivity contribution in [2.45, 2.75) is 27.6 Å². The second kappa shape index (κ2) is 21.5. The lowest BCUT2D eigenvalue weighted by Crippen LogP contribution is -2.51. The second-order valence-corrected chi connectivity index (χ2v) is 34.1. The molecule has 0 amide bonds. The topological polar surface area (TPSA) is 700 Å². The van der Waals surface area contributed by atoms with Gasteiger partial charge >= 0.3 is 91.1 Å². The highest BCUT2D eigenvalue weighted by molar-refractivity contribution is 7.74. The Balaban J connectivity index is 0. The first-order chi connectivity index (χ1) is 25.9. The normalized spacial score (nSPS) is 15.5. The Morgan fingerprint density at radius 2 is 0.393 bits per heavy atom. The van der Waals surface area contributed by atoms with Crippen LogP contribution in [-0.4, -0.2) is 192 Å². The zero-order valence-corrected chi connectivity index (χ0v) is 39.5. The zero-order valence-electron chi connectivity index (χ0n) is 28.8. The van der Waals surface area contributed by atoms with E-state index in [0.29, 0.717) is 0 Å². The highest BCUT2D eigenvalue weighted by atomic mass is 31.3. The van der Waals surface area contributed by atoms with E-state index < -0.39 is 166 Å². The molecule has 0 spiro atoms. The van der Waals surface area contributed by atoms with Gasteiger partial charge < -0.3 is 117 Å². The van der Waals surface area contributed by atoms with E-state index in [1.807, 2.05) is 0 Å². The third-order valence-corrected chi connectivity index (χ3v) is 27.2. The van der Waals surface area contributed by atoms with Crippen molar-refractivity contribution in [3.63, 3.8) is 0 Å². The minimum absolute atomic E-state index is 0.582. The number of nitrogens with zero attached hydrogens (tertiary/aromatic N) is 3. The van der Waals surface area contributed by atoms with Crippen molar-refractivity contribution in [3.05, 3.63) is 0 Å². The summed E-state index contributed by atoms with van der Waals surface area (Å²) in [6.45, 7) is -8.57. The summed E-state index contributed by atoms with van der Waals surface area (Å²) in [5.41, 5.74) is -19.9. The maximum atomic E-state index is 12.3. The molecule has 0 rings (SSSR count). The fourth-order valence-electron chi connectivity index (χ4n) is 4.72. The first-order valence-electron chi connectivity index (χ1n) is 13.8. The van der Waals surface area contributed by atoms with E-state index in [-0.39, 0.29) is 0 Å². The molecule has 0 atom stereocenters. The molecule has 0 aromatic heterocycles. The molecule has 370 valence electrons. The molecule has 61 heavy (non-hydrogen) atoms. The van der Waals surface area contributed by atoms with Crippen molar-refractivity contribution in [2.24, 2.45) is 0 Å². The lowest BCUT2D eigenvalue weighted by Gasteiger charge is -2.41. The molecule has 0 aliphatic heterocycles. The minimum atomic E-state index is -6.63. The molecular weight excluding hydrogens is 1110 g/mol. The number of hydrogen-bond acceptors (Lipinski definition) is 15. The fraction of sp³-hybridized carbons (Fsp3) is 1.00. The van der Waals surface area contributed by atoms with Gasteiger partial charge in [0, 0.05) is 26.2 Å². The summed E-state index contributed by atoms with van der Waals surface area (Å²) < 4.78 is 141. The Hall–Kier alpha value is 1.68. The summed E-state index contributed by atoms with van der Waals surface area (Å²) >= 11 is 0. The molecule has 39 nitrogen and oxygen atoms in total. The van der Waals surface area contributed by atoms with Crippen molar-refractivity contribution in [1.29, 1.82) is 0 Å². The molecule has 0 bridgehead atoms. The molecule has 51 heteroatoms. The van der Waals surface area contributed by atoms with Crippen molar-refractivity contribution in [1.82, 2.24) is 14.7 Å². The molecular formula is C10H39N3O36P12. The molecule has 0 heterocycles. The third kappa shape index (κ3) is 23.0. The van der Waals surface area contributed by atoms with E-state index in [9.17, 15) is 153 Å².